The lowest BCUT2D eigenvalue weighted by molar-refractivity contribution is -0.138. The first-order valence-electron chi connectivity index (χ1n) is 4.74. The van der Waals surface area contributed by atoms with E-state index >= 15 is 0 Å². The Kier molecular flexibility index (Phi) is 4.37. The van der Waals surface area contributed by atoms with Gasteiger partial charge in [-0.3, -0.25) is 0 Å². The molecule has 0 heterocycles. The Balaban J connectivity index is 2.78. The average molecular weight is 225 g/mol. The lowest BCUT2D eigenvalue weighted by Crippen LogP contribution is -2.04. The van der Waals surface area contributed by atoms with Crippen molar-refractivity contribution in [1.29, 1.82) is 0 Å². The van der Waals surface area contributed by atoms with Crippen LogP contribution in [-0.2, 0) is 9.53 Å². The third kappa shape index (κ3) is 3.76. The van der Waals surface area contributed by atoms with Crippen molar-refractivity contribution in [2.45, 2.75) is 13.8 Å². The molecule has 2 nitrogen and oxygen atoms in total. The Hall–Kier alpha value is -1.28. The van der Waals surface area contributed by atoms with Gasteiger partial charge in [0.1, 0.15) is 0 Å². The van der Waals surface area contributed by atoms with Gasteiger partial charge in [-0.2, -0.15) is 0 Å². The van der Waals surface area contributed by atoms with Crippen LogP contribution in [0.3, 0.4) is 0 Å². The van der Waals surface area contributed by atoms with Gasteiger partial charge >= 0.3 is 5.97 Å². The Morgan fingerprint density at radius 2 is 2.00 bits per heavy atom. The van der Waals surface area contributed by atoms with Gasteiger partial charge in [-0.15, -0.1) is 0 Å². The molecule has 15 heavy (non-hydrogen) atoms. The van der Waals surface area contributed by atoms with Gasteiger partial charge in [0.15, 0.2) is 0 Å². The quantitative estimate of drug-likeness (QED) is 0.582. The second kappa shape index (κ2) is 5.56. The summed E-state index contributed by atoms with van der Waals surface area (Å²) in [5, 5.41) is 0.681. The summed E-state index contributed by atoms with van der Waals surface area (Å²) in [6.45, 7) is 3.91. The number of rotatable bonds is 3. The molecular formula is C12H13ClO2. The number of carbonyl (C=O) groups excluding carboxylic acids is 1. The standard InChI is InChI=1S/C12H13ClO2/c1-3-15-12(14)9(2)8-10-4-6-11(13)7-5-10/h4-8H,3H2,1-2H3. The first-order chi connectivity index (χ1) is 7.13. The van der Waals surface area contributed by atoms with E-state index in [1.807, 2.05) is 12.1 Å². The smallest absolute Gasteiger partial charge is 0.333 e. The zero-order chi connectivity index (χ0) is 11.3. The second-order valence-electron chi connectivity index (χ2n) is 3.10. The third-order valence-corrected chi connectivity index (χ3v) is 2.10. The van der Waals surface area contributed by atoms with E-state index in [1.165, 1.54) is 0 Å². The van der Waals surface area contributed by atoms with Crippen LogP contribution < -0.4 is 0 Å². The van der Waals surface area contributed by atoms with Crippen molar-refractivity contribution in [3.8, 4) is 0 Å². The molecule has 1 rings (SSSR count). The molecule has 0 saturated carbocycles. The van der Waals surface area contributed by atoms with E-state index in [-0.39, 0.29) is 5.97 Å². The van der Waals surface area contributed by atoms with Gasteiger partial charge in [0.25, 0.3) is 0 Å². The zero-order valence-corrected chi connectivity index (χ0v) is 9.54. The van der Waals surface area contributed by atoms with Crippen molar-refractivity contribution < 1.29 is 9.53 Å². The molecular weight excluding hydrogens is 212 g/mol. The third-order valence-electron chi connectivity index (χ3n) is 1.85. The van der Waals surface area contributed by atoms with Crippen LogP contribution in [0.2, 0.25) is 5.02 Å². The van der Waals surface area contributed by atoms with Crippen LogP contribution >= 0.6 is 11.6 Å². The van der Waals surface area contributed by atoms with Gasteiger partial charge in [0.05, 0.1) is 6.61 Å². The number of benzene rings is 1. The molecule has 0 aliphatic heterocycles. The van der Waals surface area contributed by atoms with E-state index in [9.17, 15) is 4.79 Å². The monoisotopic (exact) mass is 224 g/mol. The molecule has 0 unspecified atom stereocenters. The first-order valence-corrected chi connectivity index (χ1v) is 5.12. The number of hydrogen-bond acceptors (Lipinski definition) is 2. The highest BCUT2D eigenvalue weighted by molar-refractivity contribution is 6.30. The Bertz CT molecular complexity index is 366. The maximum absolute atomic E-state index is 11.3. The van der Waals surface area contributed by atoms with Crippen molar-refractivity contribution in [2.24, 2.45) is 0 Å². The largest absolute Gasteiger partial charge is 0.463 e. The van der Waals surface area contributed by atoms with Gasteiger partial charge in [-0.25, -0.2) is 4.79 Å². The number of carbonyl (C=O) groups is 1. The minimum atomic E-state index is -0.285. The van der Waals surface area contributed by atoms with E-state index in [2.05, 4.69) is 0 Å². The maximum Gasteiger partial charge on any atom is 0.333 e. The van der Waals surface area contributed by atoms with Crippen LogP contribution in [0.25, 0.3) is 6.08 Å². The van der Waals surface area contributed by atoms with Gasteiger partial charge in [-0.05, 0) is 37.6 Å². The zero-order valence-electron chi connectivity index (χ0n) is 8.79. The Labute approximate surface area is 94.5 Å². The summed E-state index contributed by atoms with van der Waals surface area (Å²) in [6.07, 6.45) is 1.77. The molecule has 0 bridgehead atoms. The summed E-state index contributed by atoms with van der Waals surface area (Å²) in [7, 11) is 0. The molecule has 0 N–H and O–H groups in total. The average Bonchev–Trinajstić information content (AvgIpc) is 2.22. The minimum Gasteiger partial charge on any atom is -0.463 e. The fourth-order valence-electron chi connectivity index (χ4n) is 1.11. The molecule has 0 spiro atoms. The maximum atomic E-state index is 11.3. The molecule has 80 valence electrons. The van der Waals surface area contributed by atoms with E-state index < -0.39 is 0 Å². The van der Waals surface area contributed by atoms with Crippen molar-refractivity contribution in [2.75, 3.05) is 6.61 Å². The normalized spacial score (nSPS) is 11.3. The van der Waals surface area contributed by atoms with Crippen LogP contribution in [0.1, 0.15) is 19.4 Å². The molecule has 0 amide bonds. The van der Waals surface area contributed by atoms with Crippen LogP contribution in [0, 0.1) is 0 Å². The van der Waals surface area contributed by atoms with Crippen LogP contribution in [-0.4, -0.2) is 12.6 Å². The molecule has 0 aliphatic rings. The van der Waals surface area contributed by atoms with Gasteiger partial charge < -0.3 is 4.74 Å². The summed E-state index contributed by atoms with van der Waals surface area (Å²) in [6, 6.07) is 7.27. The predicted octanol–water partition coefficient (Wildman–Crippen LogP) is 3.31. The topological polar surface area (TPSA) is 26.3 Å². The molecule has 0 atom stereocenters. The SMILES string of the molecule is CCOC(=O)C(C)=Cc1ccc(Cl)cc1. The molecule has 0 aromatic heterocycles. The molecule has 1 aromatic rings. The number of hydrogen-bond donors (Lipinski definition) is 0. The Morgan fingerprint density at radius 1 is 1.40 bits per heavy atom. The van der Waals surface area contributed by atoms with E-state index in [1.54, 1.807) is 32.1 Å². The number of halogens is 1. The highest BCUT2D eigenvalue weighted by Gasteiger charge is 2.03. The van der Waals surface area contributed by atoms with E-state index in [4.69, 9.17) is 16.3 Å². The predicted molar refractivity (Wildman–Crippen MR) is 61.7 cm³/mol. The fourth-order valence-corrected chi connectivity index (χ4v) is 1.24. The van der Waals surface area contributed by atoms with Crippen LogP contribution in [0.5, 0.6) is 0 Å². The van der Waals surface area contributed by atoms with Gasteiger partial charge in [-0.1, -0.05) is 23.7 Å². The van der Waals surface area contributed by atoms with Crippen molar-refractivity contribution in [3.63, 3.8) is 0 Å². The van der Waals surface area contributed by atoms with Gasteiger partial charge in [0.2, 0.25) is 0 Å². The van der Waals surface area contributed by atoms with Crippen LogP contribution in [0.4, 0.5) is 0 Å². The van der Waals surface area contributed by atoms with Crippen molar-refractivity contribution >= 4 is 23.6 Å². The molecule has 0 fully saturated rings. The highest BCUT2D eigenvalue weighted by atomic mass is 35.5. The van der Waals surface area contributed by atoms with E-state index in [0.717, 1.165) is 5.56 Å². The highest BCUT2D eigenvalue weighted by Crippen LogP contribution is 2.12. The second-order valence-corrected chi connectivity index (χ2v) is 3.54. The lowest BCUT2D eigenvalue weighted by atomic mass is 10.1. The first kappa shape index (κ1) is 11.8. The summed E-state index contributed by atoms with van der Waals surface area (Å²) < 4.78 is 4.87. The molecule has 0 aliphatic carbocycles. The molecule has 0 saturated heterocycles. The van der Waals surface area contributed by atoms with E-state index in [0.29, 0.717) is 17.2 Å². The van der Waals surface area contributed by atoms with Crippen LogP contribution in [0.15, 0.2) is 29.8 Å². The minimum absolute atomic E-state index is 0.285. The molecule has 0 radical (unpaired) electrons. The molecule has 1 aromatic carbocycles. The summed E-state index contributed by atoms with van der Waals surface area (Å²) in [5.74, 6) is -0.285. The number of esters is 1. The summed E-state index contributed by atoms with van der Waals surface area (Å²) >= 11 is 5.75. The Morgan fingerprint density at radius 3 is 2.53 bits per heavy atom. The number of ether oxygens (including phenoxy) is 1. The molecule has 3 heteroatoms. The van der Waals surface area contributed by atoms with Crippen molar-refractivity contribution in [3.05, 3.63) is 40.4 Å². The lowest BCUT2D eigenvalue weighted by Gasteiger charge is -2.01. The summed E-state index contributed by atoms with van der Waals surface area (Å²) in [4.78, 5) is 11.3. The van der Waals surface area contributed by atoms with Gasteiger partial charge in [0, 0.05) is 10.6 Å². The fraction of sp³-hybridized carbons (Fsp3) is 0.250. The van der Waals surface area contributed by atoms with Crippen molar-refractivity contribution in [1.82, 2.24) is 0 Å². The summed E-state index contributed by atoms with van der Waals surface area (Å²) in [5.41, 5.74) is 1.52.